The molecule has 0 spiro atoms. The van der Waals surface area contributed by atoms with Crippen molar-refractivity contribution >= 4 is 5.97 Å². The summed E-state index contributed by atoms with van der Waals surface area (Å²) < 4.78 is 6.95. The van der Waals surface area contributed by atoms with Crippen molar-refractivity contribution in [3.63, 3.8) is 0 Å². The molecule has 0 aromatic carbocycles. The number of hydrogen-bond acceptors (Lipinski definition) is 4. The molecule has 0 aliphatic heterocycles. The summed E-state index contributed by atoms with van der Waals surface area (Å²) >= 11 is 0. The van der Waals surface area contributed by atoms with Gasteiger partial charge in [0.1, 0.15) is 5.54 Å². The highest BCUT2D eigenvalue weighted by Crippen LogP contribution is 2.41. The van der Waals surface area contributed by atoms with Gasteiger partial charge in [-0.15, -0.1) is 0 Å². The third-order valence-electron chi connectivity index (χ3n) is 3.84. The molecule has 1 unspecified atom stereocenters. The number of ether oxygens (including phenoxy) is 1. The summed E-state index contributed by atoms with van der Waals surface area (Å²) in [6.45, 7) is 5.46. The van der Waals surface area contributed by atoms with E-state index in [2.05, 4.69) is 17.3 Å². The topological polar surface area (TPSA) is 56.2 Å². The Bertz CT molecular complexity index is 440. The minimum absolute atomic E-state index is 0.168. The summed E-state index contributed by atoms with van der Waals surface area (Å²) in [6, 6.07) is 1.95. The maximum Gasteiger partial charge on any atom is 0.328 e. The second kappa shape index (κ2) is 5.74. The van der Waals surface area contributed by atoms with E-state index >= 15 is 0 Å². The zero-order chi connectivity index (χ0) is 13.9. The number of nitrogens with zero attached hydrogens (tertiary/aromatic N) is 2. The molecule has 1 fully saturated rings. The van der Waals surface area contributed by atoms with Gasteiger partial charge >= 0.3 is 5.97 Å². The number of aromatic nitrogens is 2. The van der Waals surface area contributed by atoms with E-state index in [-0.39, 0.29) is 5.97 Å². The second-order valence-corrected chi connectivity index (χ2v) is 5.29. The van der Waals surface area contributed by atoms with Crippen LogP contribution in [-0.4, -0.2) is 34.9 Å². The quantitative estimate of drug-likeness (QED) is 0.759. The third-order valence-corrected chi connectivity index (χ3v) is 3.84. The van der Waals surface area contributed by atoms with E-state index in [0.717, 1.165) is 31.5 Å². The van der Waals surface area contributed by atoms with Crippen LogP contribution in [0.25, 0.3) is 0 Å². The van der Waals surface area contributed by atoms with Gasteiger partial charge in [-0.2, -0.15) is 5.10 Å². The molecule has 1 heterocycles. The molecule has 1 aliphatic carbocycles. The van der Waals surface area contributed by atoms with Gasteiger partial charge in [0.2, 0.25) is 0 Å². The average molecular weight is 265 g/mol. The molecule has 1 aliphatic rings. The number of hydrogen-bond donors (Lipinski definition) is 1. The lowest BCUT2D eigenvalue weighted by Gasteiger charge is -2.32. The number of carbonyl (C=O) groups is 1. The molecular weight excluding hydrogens is 242 g/mol. The number of carbonyl (C=O) groups excluding carboxylic acids is 1. The van der Waals surface area contributed by atoms with Crippen molar-refractivity contribution in [1.82, 2.24) is 15.1 Å². The minimum atomic E-state index is -0.623. The summed E-state index contributed by atoms with van der Waals surface area (Å²) in [7, 11) is 1.46. The fourth-order valence-corrected chi connectivity index (χ4v) is 2.54. The highest BCUT2D eigenvalue weighted by Gasteiger charge is 2.52. The molecule has 1 aromatic rings. The SMILES string of the molecule is CCCNC(Cn1nccc1C)(C(=O)OC)C1CC1. The van der Waals surface area contributed by atoms with Crippen molar-refractivity contribution in [1.29, 1.82) is 0 Å². The Hall–Kier alpha value is -1.36. The van der Waals surface area contributed by atoms with Gasteiger partial charge in [-0.3, -0.25) is 4.68 Å². The van der Waals surface area contributed by atoms with E-state index in [0.29, 0.717) is 12.5 Å². The Morgan fingerprint density at radius 2 is 2.37 bits per heavy atom. The fourth-order valence-electron chi connectivity index (χ4n) is 2.54. The largest absolute Gasteiger partial charge is 0.468 e. The number of nitrogens with one attached hydrogen (secondary N) is 1. The zero-order valence-corrected chi connectivity index (χ0v) is 12.0. The van der Waals surface area contributed by atoms with Gasteiger partial charge in [0.15, 0.2) is 0 Å². The standard InChI is InChI=1S/C14H23N3O2/c1-4-8-15-14(12-5-6-12,13(18)19-3)10-17-11(2)7-9-16-17/h7,9,12,15H,4-6,8,10H2,1-3H3. The van der Waals surface area contributed by atoms with Crippen LogP contribution in [0.2, 0.25) is 0 Å². The van der Waals surface area contributed by atoms with Gasteiger partial charge in [-0.25, -0.2) is 4.79 Å². The molecular formula is C14H23N3O2. The molecule has 1 aromatic heterocycles. The highest BCUT2D eigenvalue weighted by atomic mass is 16.5. The summed E-state index contributed by atoms with van der Waals surface area (Å²) in [6.07, 6.45) is 4.91. The third kappa shape index (κ3) is 2.81. The molecule has 1 atom stereocenters. The Kier molecular flexibility index (Phi) is 4.24. The van der Waals surface area contributed by atoms with Crippen LogP contribution in [0, 0.1) is 12.8 Å². The molecule has 0 radical (unpaired) electrons. The minimum Gasteiger partial charge on any atom is -0.468 e. The lowest BCUT2D eigenvalue weighted by molar-refractivity contribution is -0.150. The molecule has 19 heavy (non-hydrogen) atoms. The van der Waals surface area contributed by atoms with Crippen LogP contribution in [0.3, 0.4) is 0 Å². The van der Waals surface area contributed by atoms with E-state index < -0.39 is 5.54 Å². The van der Waals surface area contributed by atoms with Crippen molar-refractivity contribution in [2.75, 3.05) is 13.7 Å². The zero-order valence-electron chi connectivity index (χ0n) is 12.0. The molecule has 106 valence electrons. The van der Waals surface area contributed by atoms with Gasteiger partial charge in [0.25, 0.3) is 0 Å². The Balaban J connectivity index is 2.25. The number of aryl methyl sites for hydroxylation is 1. The summed E-state index contributed by atoms with van der Waals surface area (Å²) in [5.41, 5.74) is 0.439. The summed E-state index contributed by atoms with van der Waals surface area (Å²) in [5, 5.41) is 7.73. The van der Waals surface area contributed by atoms with E-state index in [1.807, 2.05) is 17.7 Å². The Morgan fingerprint density at radius 1 is 1.63 bits per heavy atom. The maximum atomic E-state index is 12.3. The van der Waals surface area contributed by atoms with Gasteiger partial charge < -0.3 is 10.1 Å². The predicted octanol–water partition coefficient (Wildman–Crippen LogP) is 1.51. The Morgan fingerprint density at radius 3 is 2.84 bits per heavy atom. The first kappa shape index (κ1) is 14.1. The van der Waals surface area contributed by atoms with E-state index in [1.165, 1.54) is 7.11 Å². The second-order valence-electron chi connectivity index (χ2n) is 5.29. The fraction of sp³-hybridized carbons (Fsp3) is 0.714. The van der Waals surface area contributed by atoms with Crippen molar-refractivity contribution in [3.8, 4) is 0 Å². The molecule has 0 bridgehead atoms. The number of methoxy groups -OCH3 is 1. The molecule has 1 N–H and O–H groups in total. The molecule has 0 amide bonds. The Labute approximate surface area is 114 Å². The number of esters is 1. The van der Waals surface area contributed by atoms with Crippen LogP contribution in [0.4, 0.5) is 0 Å². The van der Waals surface area contributed by atoms with E-state index in [9.17, 15) is 4.79 Å². The predicted molar refractivity (Wildman–Crippen MR) is 72.7 cm³/mol. The van der Waals surface area contributed by atoms with Crippen molar-refractivity contribution < 1.29 is 9.53 Å². The van der Waals surface area contributed by atoms with Gasteiger partial charge in [0.05, 0.1) is 13.7 Å². The summed E-state index contributed by atoms with van der Waals surface area (Å²) in [4.78, 5) is 12.3. The van der Waals surface area contributed by atoms with Crippen molar-refractivity contribution in [2.24, 2.45) is 5.92 Å². The maximum absolute atomic E-state index is 12.3. The van der Waals surface area contributed by atoms with Crippen LogP contribution in [-0.2, 0) is 16.1 Å². The first-order chi connectivity index (χ1) is 9.14. The lowest BCUT2D eigenvalue weighted by Crippen LogP contribution is -2.58. The monoisotopic (exact) mass is 265 g/mol. The van der Waals surface area contributed by atoms with Gasteiger partial charge in [0, 0.05) is 11.9 Å². The van der Waals surface area contributed by atoms with Crippen molar-refractivity contribution in [2.45, 2.75) is 45.2 Å². The normalized spacial score (nSPS) is 18.1. The first-order valence-electron chi connectivity index (χ1n) is 6.96. The number of rotatable bonds is 7. The molecule has 1 saturated carbocycles. The lowest BCUT2D eigenvalue weighted by atomic mass is 9.92. The van der Waals surface area contributed by atoms with E-state index in [1.54, 1.807) is 6.20 Å². The van der Waals surface area contributed by atoms with Gasteiger partial charge in [-0.1, -0.05) is 6.92 Å². The average Bonchev–Trinajstić information content (AvgIpc) is 3.19. The van der Waals surface area contributed by atoms with Crippen LogP contribution in [0.15, 0.2) is 12.3 Å². The molecule has 2 rings (SSSR count). The van der Waals surface area contributed by atoms with Crippen LogP contribution in [0.1, 0.15) is 31.9 Å². The van der Waals surface area contributed by atoms with E-state index in [4.69, 9.17) is 4.74 Å². The first-order valence-corrected chi connectivity index (χ1v) is 6.96. The molecule has 5 nitrogen and oxygen atoms in total. The molecule has 5 heteroatoms. The summed E-state index contributed by atoms with van der Waals surface area (Å²) in [5.74, 6) is 0.188. The van der Waals surface area contributed by atoms with Crippen LogP contribution < -0.4 is 5.32 Å². The van der Waals surface area contributed by atoms with Gasteiger partial charge in [-0.05, 0) is 44.7 Å². The van der Waals surface area contributed by atoms with Crippen LogP contribution in [0.5, 0.6) is 0 Å². The smallest absolute Gasteiger partial charge is 0.328 e. The van der Waals surface area contributed by atoms with Crippen LogP contribution >= 0.6 is 0 Å². The van der Waals surface area contributed by atoms with Crippen molar-refractivity contribution in [3.05, 3.63) is 18.0 Å². The molecule has 0 saturated heterocycles. The highest BCUT2D eigenvalue weighted by molar-refractivity contribution is 5.81.